The molecule has 0 spiro atoms. The molecule has 0 unspecified atom stereocenters. The molecule has 17 heavy (non-hydrogen) atoms. The Bertz CT molecular complexity index is 444. The van der Waals surface area contributed by atoms with E-state index in [0.29, 0.717) is 10.9 Å². The highest BCUT2D eigenvalue weighted by Crippen LogP contribution is 2.16. The van der Waals surface area contributed by atoms with E-state index in [1.54, 1.807) is 11.3 Å². The van der Waals surface area contributed by atoms with Gasteiger partial charge < -0.3 is 10.2 Å². The summed E-state index contributed by atoms with van der Waals surface area (Å²) < 4.78 is 0. The van der Waals surface area contributed by atoms with E-state index >= 15 is 0 Å². The van der Waals surface area contributed by atoms with Gasteiger partial charge in [0.2, 0.25) is 5.16 Å². The SMILES string of the molecule is OC[C@H](O)CSc1n[nH]c(Cc2cccs2)n1. The number of rotatable bonds is 6. The summed E-state index contributed by atoms with van der Waals surface area (Å²) in [5, 5.41) is 27.4. The third-order valence-corrected chi connectivity index (χ3v) is 3.92. The molecule has 2 rings (SSSR count). The van der Waals surface area contributed by atoms with Crippen molar-refractivity contribution >= 4 is 23.1 Å². The Hall–Kier alpha value is -0.890. The van der Waals surface area contributed by atoms with E-state index in [2.05, 4.69) is 21.2 Å². The summed E-state index contributed by atoms with van der Waals surface area (Å²) in [6.07, 6.45) is 0.0209. The number of aromatic nitrogens is 3. The van der Waals surface area contributed by atoms with Gasteiger partial charge in [0.15, 0.2) is 0 Å². The number of H-pyrrole nitrogens is 1. The van der Waals surface area contributed by atoms with Gasteiger partial charge in [-0.05, 0) is 11.4 Å². The van der Waals surface area contributed by atoms with Crippen LogP contribution in [0.3, 0.4) is 0 Å². The summed E-state index contributed by atoms with van der Waals surface area (Å²) in [7, 11) is 0. The Morgan fingerprint density at radius 1 is 1.53 bits per heavy atom. The van der Waals surface area contributed by atoms with Crippen LogP contribution in [0, 0.1) is 0 Å². The molecule has 2 aromatic heterocycles. The van der Waals surface area contributed by atoms with Gasteiger partial charge in [-0.3, -0.25) is 5.10 Å². The van der Waals surface area contributed by atoms with Crippen LogP contribution in [-0.4, -0.2) is 43.9 Å². The molecular weight excluding hydrogens is 258 g/mol. The number of nitrogens with zero attached hydrogens (tertiary/aromatic N) is 2. The van der Waals surface area contributed by atoms with E-state index in [4.69, 9.17) is 5.11 Å². The first-order valence-electron chi connectivity index (χ1n) is 5.13. The zero-order valence-electron chi connectivity index (χ0n) is 9.04. The number of thioether (sulfide) groups is 1. The average molecular weight is 271 g/mol. The number of hydrogen-bond acceptors (Lipinski definition) is 6. The number of aromatic amines is 1. The minimum Gasteiger partial charge on any atom is -0.394 e. The number of aliphatic hydroxyl groups is 2. The number of thiophene rings is 1. The highest BCUT2D eigenvalue weighted by Gasteiger charge is 2.08. The topological polar surface area (TPSA) is 82.0 Å². The predicted molar refractivity (Wildman–Crippen MR) is 67.3 cm³/mol. The maximum Gasteiger partial charge on any atom is 0.208 e. The molecule has 0 aliphatic carbocycles. The van der Waals surface area contributed by atoms with Crippen molar-refractivity contribution in [1.82, 2.24) is 15.2 Å². The largest absolute Gasteiger partial charge is 0.394 e. The second kappa shape index (κ2) is 6.15. The van der Waals surface area contributed by atoms with Crippen LogP contribution in [0.25, 0.3) is 0 Å². The Morgan fingerprint density at radius 3 is 3.12 bits per heavy atom. The zero-order valence-corrected chi connectivity index (χ0v) is 10.7. The molecule has 5 nitrogen and oxygen atoms in total. The molecule has 2 aromatic rings. The van der Waals surface area contributed by atoms with E-state index < -0.39 is 6.10 Å². The van der Waals surface area contributed by atoms with Gasteiger partial charge in [-0.15, -0.1) is 16.4 Å². The van der Waals surface area contributed by atoms with Gasteiger partial charge in [0.05, 0.1) is 12.7 Å². The standard InChI is InChI=1S/C10H13N3O2S2/c14-5-7(15)6-17-10-11-9(12-13-10)4-8-2-1-3-16-8/h1-3,7,14-15H,4-6H2,(H,11,12,13)/t7-/m0/s1. The van der Waals surface area contributed by atoms with Crippen LogP contribution in [0.15, 0.2) is 22.7 Å². The maximum absolute atomic E-state index is 9.20. The quantitative estimate of drug-likeness (QED) is 0.680. The number of hydrogen-bond donors (Lipinski definition) is 3. The molecule has 0 amide bonds. The molecule has 0 fully saturated rings. The molecule has 0 saturated heterocycles. The predicted octanol–water partition coefficient (Wildman–Crippen LogP) is 0.902. The highest BCUT2D eigenvalue weighted by atomic mass is 32.2. The van der Waals surface area contributed by atoms with Gasteiger partial charge in [0.25, 0.3) is 0 Å². The lowest BCUT2D eigenvalue weighted by Gasteiger charge is -2.02. The maximum atomic E-state index is 9.20. The molecule has 2 heterocycles. The monoisotopic (exact) mass is 271 g/mol. The molecule has 7 heteroatoms. The fourth-order valence-corrected chi connectivity index (χ4v) is 2.66. The van der Waals surface area contributed by atoms with E-state index in [1.807, 2.05) is 11.4 Å². The molecule has 1 atom stereocenters. The van der Waals surface area contributed by atoms with Gasteiger partial charge in [-0.1, -0.05) is 17.8 Å². The van der Waals surface area contributed by atoms with Gasteiger partial charge in [0.1, 0.15) is 5.82 Å². The Morgan fingerprint density at radius 2 is 2.41 bits per heavy atom. The fraction of sp³-hybridized carbons (Fsp3) is 0.400. The lowest BCUT2D eigenvalue weighted by molar-refractivity contribution is 0.113. The van der Waals surface area contributed by atoms with Crippen LogP contribution in [0.1, 0.15) is 10.7 Å². The van der Waals surface area contributed by atoms with Crippen LogP contribution < -0.4 is 0 Å². The second-order valence-corrected chi connectivity index (χ2v) is 5.49. The third kappa shape index (κ3) is 3.81. The van der Waals surface area contributed by atoms with Crippen LogP contribution in [0.5, 0.6) is 0 Å². The second-order valence-electron chi connectivity index (χ2n) is 3.47. The summed E-state index contributed by atoms with van der Waals surface area (Å²) >= 11 is 3.01. The van der Waals surface area contributed by atoms with E-state index in [1.165, 1.54) is 16.6 Å². The van der Waals surface area contributed by atoms with Gasteiger partial charge in [0, 0.05) is 17.1 Å². The normalized spacial score (nSPS) is 12.8. The van der Waals surface area contributed by atoms with Crippen LogP contribution in [-0.2, 0) is 6.42 Å². The van der Waals surface area contributed by atoms with Crippen molar-refractivity contribution in [3.8, 4) is 0 Å². The van der Waals surface area contributed by atoms with Crippen molar-refractivity contribution in [3.05, 3.63) is 28.2 Å². The lowest BCUT2D eigenvalue weighted by Crippen LogP contribution is -2.14. The number of nitrogens with one attached hydrogen (secondary N) is 1. The van der Waals surface area contributed by atoms with Gasteiger partial charge in [-0.2, -0.15) is 0 Å². The van der Waals surface area contributed by atoms with Crippen LogP contribution in [0.2, 0.25) is 0 Å². The minimum absolute atomic E-state index is 0.237. The van der Waals surface area contributed by atoms with E-state index in [-0.39, 0.29) is 6.61 Å². The molecule has 0 aromatic carbocycles. The van der Waals surface area contributed by atoms with Crippen molar-refractivity contribution in [2.45, 2.75) is 17.7 Å². The summed E-state index contributed by atoms with van der Waals surface area (Å²) in [5.74, 6) is 1.21. The Labute approximate surface area is 107 Å². The van der Waals surface area contributed by atoms with E-state index in [9.17, 15) is 5.11 Å². The molecule has 0 bridgehead atoms. The van der Waals surface area contributed by atoms with Crippen molar-refractivity contribution < 1.29 is 10.2 Å². The molecule has 92 valence electrons. The Kier molecular flexibility index (Phi) is 4.55. The summed E-state index contributed by atoms with van der Waals surface area (Å²) in [6, 6.07) is 4.05. The van der Waals surface area contributed by atoms with Gasteiger partial charge in [-0.25, -0.2) is 4.98 Å². The van der Waals surface area contributed by atoms with Crippen molar-refractivity contribution in [1.29, 1.82) is 0 Å². The molecular formula is C10H13N3O2S2. The molecule has 0 radical (unpaired) electrons. The van der Waals surface area contributed by atoms with Gasteiger partial charge >= 0.3 is 0 Å². The zero-order chi connectivity index (χ0) is 12.1. The number of aliphatic hydroxyl groups excluding tert-OH is 2. The summed E-state index contributed by atoms with van der Waals surface area (Å²) in [4.78, 5) is 5.53. The van der Waals surface area contributed by atoms with Crippen molar-refractivity contribution in [2.24, 2.45) is 0 Å². The average Bonchev–Trinajstić information content (AvgIpc) is 2.98. The third-order valence-electron chi connectivity index (χ3n) is 2.05. The first kappa shape index (κ1) is 12.6. The first-order valence-corrected chi connectivity index (χ1v) is 7.00. The smallest absolute Gasteiger partial charge is 0.208 e. The van der Waals surface area contributed by atoms with Crippen LogP contribution >= 0.6 is 23.1 Å². The minimum atomic E-state index is -0.723. The first-order chi connectivity index (χ1) is 8.28. The summed E-state index contributed by atoms with van der Waals surface area (Å²) in [5.41, 5.74) is 0. The molecule has 0 aliphatic rings. The fourth-order valence-electron chi connectivity index (χ4n) is 1.22. The Balaban J connectivity index is 1.87. The molecule has 0 aliphatic heterocycles. The lowest BCUT2D eigenvalue weighted by atomic mass is 10.3. The van der Waals surface area contributed by atoms with Crippen LogP contribution in [0.4, 0.5) is 0 Å². The molecule has 3 N–H and O–H groups in total. The highest BCUT2D eigenvalue weighted by molar-refractivity contribution is 7.99. The van der Waals surface area contributed by atoms with E-state index in [0.717, 1.165) is 12.2 Å². The van der Waals surface area contributed by atoms with Crippen molar-refractivity contribution in [2.75, 3.05) is 12.4 Å². The van der Waals surface area contributed by atoms with Crippen molar-refractivity contribution in [3.63, 3.8) is 0 Å². The molecule has 0 saturated carbocycles. The summed E-state index contributed by atoms with van der Waals surface area (Å²) in [6.45, 7) is -0.237.